The Labute approximate surface area is 158 Å². The Morgan fingerprint density at radius 3 is 2.22 bits per heavy atom. The molecule has 0 aliphatic heterocycles. The second kappa shape index (κ2) is 8.65. The van der Waals surface area contributed by atoms with E-state index >= 15 is 0 Å². The van der Waals surface area contributed by atoms with E-state index in [0.717, 1.165) is 0 Å². The molecule has 1 unspecified atom stereocenters. The second-order valence-corrected chi connectivity index (χ2v) is 7.59. The van der Waals surface area contributed by atoms with Crippen molar-refractivity contribution in [1.82, 2.24) is 4.72 Å². The molecule has 27 heavy (non-hydrogen) atoms. The molecule has 0 amide bonds. The third kappa shape index (κ3) is 5.80. The molecule has 0 saturated heterocycles. The number of nitrogens with one attached hydrogen (secondary N) is 1. The summed E-state index contributed by atoms with van der Waals surface area (Å²) in [4.78, 5) is 16.1. The van der Waals surface area contributed by atoms with E-state index < -0.39 is 16.0 Å². The van der Waals surface area contributed by atoms with Crippen LogP contribution in [0.15, 0.2) is 58.4 Å². The van der Waals surface area contributed by atoms with E-state index in [-0.39, 0.29) is 22.6 Å². The van der Waals surface area contributed by atoms with Crippen LogP contribution in [0.4, 0.5) is 5.69 Å². The Morgan fingerprint density at radius 2 is 1.70 bits per heavy atom. The maximum Gasteiger partial charge on any atom is 0.343 e. The van der Waals surface area contributed by atoms with Crippen LogP contribution in [0.25, 0.3) is 0 Å². The number of carbonyl (C=O) groups is 1. The summed E-state index contributed by atoms with van der Waals surface area (Å²) in [6, 6.07) is 11.7. The maximum atomic E-state index is 12.2. The van der Waals surface area contributed by atoms with E-state index in [1.165, 1.54) is 36.4 Å². The van der Waals surface area contributed by atoms with Gasteiger partial charge in [-0.25, -0.2) is 22.9 Å². The molecule has 0 aromatic heterocycles. The van der Waals surface area contributed by atoms with Gasteiger partial charge in [0.1, 0.15) is 5.75 Å². The van der Waals surface area contributed by atoms with E-state index in [1.54, 1.807) is 19.1 Å². The Morgan fingerprint density at radius 1 is 1.11 bits per heavy atom. The predicted molar refractivity (Wildman–Crippen MR) is 103 cm³/mol. The van der Waals surface area contributed by atoms with Gasteiger partial charge in [-0.3, -0.25) is 0 Å². The first-order valence-electron chi connectivity index (χ1n) is 8.25. The first-order chi connectivity index (χ1) is 12.7. The van der Waals surface area contributed by atoms with Crippen LogP contribution in [0.3, 0.4) is 0 Å². The van der Waals surface area contributed by atoms with Gasteiger partial charge in [0.25, 0.3) is 0 Å². The van der Waals surface area contributed by atoms with E-state index in [9.17, 15) is 13.2 Å². The fourth-order valence-electron chi connectivity index (χ4n) is 2.09. The van der Waals surface area contributed by atoms with E-state index in [2.05, 4.69) is 9.71 Å². The van der Waals surface area contributed by atoms with Crippen LogP contribution in [0.2, 0.25) is 0 Å². The minimum atomic E-state index is -3.61. The molecule has 0 saturated carbocycles. The van der Waals surface area contributed by atoms with Crippen LogP contribution in [0.5, 0.6) is 5.75 Å². The summed E-state index contributed by atoms with van der Waals surface area (Å²) in [5.41, 5.74) is 11.4. The number of sulfonamides is 1. The molecule has 2 rings (SSSR count). The summed E-state index contributed by atoms with van der Waals surface area (Å²) in [7, 11) is -3.61. The summed E-state index contributed by atoms with van der Waals surface area (Å²) in [6.45, 7) is 3.67. The van der Waals surface area contributed by atoms with Gasteiger partial charge in [-0.15, -0.1) is 0 Å². The lowest BCUT2D eigenvalue weighted by Gasteiger charge is -2.12. The maximum absolute atomic E-state index is 12.2. The summed E-state index contributed by atoms with van der Waals surface area (Å²) in [5, 5.41) is 0. The average molecular weight is 390 g/mol. The minimum absolute atomic E-state index is 0.0804. The van der Waals surface area contributed by atoms with Gasteiger partial charge >= 0.3 is 5.97 Å². The number of nitrogens with zero attached hydrogens (tertiary/aromatic N) is 1. The summed E-state index contributed by atoms with van der Waals surface area (Å²) in [5.74, 6) is -0.432. The molecule has 0 aliphatic carbocycles. The van der Waals surface area contributed by atoms with Crippen LogP contribution < -0.4 is 20.9 Å². The zero-order valence-corrected chi connectivity index (χ0v) is 15.9. The average Bonchev–Trinajstić information content (AvgIpc) is 2.61. The number of benzene rings is 2. The Bertz CT molecular complexity index is 919. The minimum Gasteiger partial charge on any atom is -0.423 e. The second-order valence-electron chi connectivity index (χ2n) is 5.88. The summed E-state index contributed by atoms with van der Waals surface area (Å²) >= 11 is 0. The van der Waals surface area contributed by atoms with Crippen LogP contribution >= 0.6 is 0 Å². The molecule has 9 heteroatoms. The highest BCUT2D eigenvalue weighted by atomic mass is 32.2. The fraction of sp³-hybridized carbons (Fsp3) is 0.222. The van der Waals surface area contributed by atoms with Gasteiger partial charge in [0.05, 0.1) is 16.1 Å². The lowest BCUT2D eigenvalue weighted by molar-refractivity contribution is 0.0734. The zero-order valence-electron chi connectivity index (χ0n) is 15.0. The van der Waals surface area contributed by atoms with Gasteiger partial charge in [-0.1, -0.05) is 6.92 Å². The van der Waals surface area contributed by atoms with Gasteiger partial charge in [-0.05, 0) is 61.9 Å². The molecular weight excluding hydrogens is 368 g/mol. The van der Waals surface area contributed by atoms with Crippen molar-refractivity contribution in [3.05, 3.63) is 54.1 Å². The number of nitrogens with two attached hydrogens (primary N) is 2. The largest absolute Gasteiger partial charge is 0.423 e. The number of ether oxygens (including phenoxy) is 1. The summed E-state index contributed by atoms with van der Waals surface area (Å²) < 4.78 is 32.2. The van der Waals surface area contributed by atoms with Crippen LogP contribution in [-0.2, 0) is 10.0 Å². The highest BCUT2D eigenvalue weighted by Crippen LogP contribution is 2.19. The van der Waals surface area contributed by atoms with Crippen molar-refractivity contribution in [2.45, 2.75) is 31.2 Å². The van der Waals surface area contributed by atoms with Crippen molar-refractivity contribution >= 4 is 27.6 Å². The number of aliphatic imine (C=N–C) groups is 1. The highest BCUT2D eigenvalue weighted by molar-refractivity contribution is 7.89. The topological polar surface area (TPSA) is 137 Å². The SMILES string of the molecule is CCC(C)NS(=O)(=O)c1ccc(OC(=O)c2ccc(N=C(N)N)cc2)cc1. The molecule has 0 spiro atoms. The smallest absolute Gasteiger partial charge is 0.343 e. The molecule has 5 N–H and O–H groups in total. The van der Waals surface area contributed by atoms with Gasteiger partial charge in [0.15, 0.2) is 5.96 Å². The van der Waals surface area contributed by atoms with Crippen LogP contribution in [-0.4, -0.2) is 26.4 Å². The van der Waals surface area contributed by atoms with Crippen molar-refractivity contribution in [3.8, 4) is 5.75 Å². The number of guanidine groups is 1. The molecule has 0 fully saturated rings. The van der Waals surface area contributed by atoms with E-state index in [1.807, 2.05) is 6.92 Å². The quantitative estimate of drug-likeness (QED) is 0.286. The first-order valence-corrected chi connectivity index (χ1v) is 9.74. The normalized spacial score (nSPS) is 12.2. The first kappa shape index (κ1) is 20.4. The zero-order chi connectivity index (χ0) is 20.0. The molecule has 0 radical (unpaired) electrons. The van der Waals surface area contributed by atoms with Gasteiger partial charge in [0.2, 0.25) is 10.0 Å². The Hall–Kier alpha value is -2.91. The van der Waals surface area contributed by atoms with Crippen molar-refractivity contribution in [3.63, 3.8) is 0 Å². The number of hydrogen-bond acceptors (Lipinski definition) is 5. The molecule has 2 aromatic carbocycles. The fourth-order valence-corrected chi connectivity index (χ4v) is 3.42. The highest BCUT2D eigenvalue weighted by Gasteiger charge is 2.17. The molecule has 0 bridgehead atoms. The van der Waals surface area contributed by atoms with E-state index in [0.29, 0.717) is 17.7 Å². The molecule has 2 aromatic rings. The molecule has 0 aliphatic rings. The molecule has 0 heterocycles. The molecule has 144 valence electrons. The lowest BCUT2D eigenvalue weighted by atomic mass is 10.2. The predicted octanol–water partition coefficient (Wildman–Crippen LogP) is 1.89. The number of rotatable bonds is 7. The molecular formula is C18H22N4O4S. The van der Waals surface area contributed by atoms with Gasteiger partial charge in [0, 0.05) is 6.04 Å². The van der Waals surface area contributed by atoms with Gasteiger partial charge in [-0.2, -0.15) is 0 Å². The van der Waals surface area contributed by atoms with Crippen LogP contribution in [0, 0.1) is 0 Å². The third-order valence-corrected chi connectivity index (χ3v) is 5.28. The Kier molecular flexibility index (Phi) is 6.54. The standard InChI is InChI=1S/C18H22N4O4S/c1-3-12(2)22-27(24,25)16-10-8-15(9-11-16)26-17(23)13-4-6-14(7-5-13)21-18(19)20/h4-12,22H,3H2,1-2H3,(H4,19,20,21). The van der Waals surface area contributed by atoms with Crippen molar-refractivity contribution in [2.24, 2.45) is 16.5 Å². The van der Waals surface area contributed by atoms with Crippen molar-refractivity contribution in [2.75, 3.05) is 0 Å². The lowest BCUT2D eigenvalue weighted by Crippen LogP contribution is -2.31. The summed E-state index contributed by atoms with van der Waals surface area (Å²) in [6.07, 6.45) is 0.677. The van der Waals surface area contributed by atoms with E-state index in [4.69, 9.17) is 16.2 Å². The Balaban J connectivity index is 2.07. The number of carbonyl (C=O) groups excluding carboxylic acids is 1. The third-order valence-electron chi connectivity index (χ3n) is 3.67. The van der Waals surface area contributed by atoms with Crippen molar-refractivity contribution < 1.29 is 17.9 Å². The molecule has 8 nitrogen and oxygen atoms in total. The number of esters is 1. The van der Waals surface area contributed by atoms with Crippen molar-refractivity contribution in [1.29, 1.82) is 0 Å². The monoisotopic (exact) mass is 390 g/mol. The van der Waals surface area contributed by atoms with Gasteiger partial charge < -0.3 is 16.2 Å². The number of hydrogen-bond donors (Lipinski definition) is 3. The molecule has 1 atom stereocenters. The van der Waals surface area contributed by atoms with Crippen LogP contribution in [0.1, 0.15) is 30.6 Å².